The Morgan fingerprint density at radius 2 is 1.79 bits per heavy atom. The molecule has 1 saturated heterocycles. The predicted octanol–water partition coefficient (Wildman–Crippen LogP) is 3.16. The maximum absolute atomic E-state index is 13.7. The van der Waals surface area contributed by atoms with Crippen LogP contribution in [0.3, 0.4) is 0 Å². The Kier molecular flexibility index (Phi) is 6.42. The van der Waals surface area contributed by atoms with E-state index in [2.05, 4.69) is 5.32 Å². The zero-order valence-corrected chi connectivity index (χ0v) is 17.9. The molecule has 0 saturated carbocycles. The normalized spacial score (nSPS) is 20.1. The van der Waals surface area contributed by atoms with Crippen molar-refractivity contribution in [1.82, 2.24) is 10.2 Å². The van der Waals surface area contributed by atoms with Gasteiger partial charge in [0, 0.05) is 32.5 Å². The summed E-state index contributed by atoms with van der Waals surface area (Å²) in [7, 11) is 0. The van der Waals surface area contributed by atoms with Crippen LogP contribution in [0.25, 0.3) is 5.57 Å². The number of aliphatic carboxylic acids is 1. The molecule has 1 fully saturated rings. The number of carbonyl (C=O) groups excluding carboxylic acids is 1. The van der Waals surface area contributed by atoms with Crippen LogP contribution in [0.2, 0.25) is 0 Å². The molecule has 2 N–H and O–H groups in total. The molecule has 2 bridgehead atoms. The van der Waals surface area contributed by atoms with Crippen molar-refractivity contribution in [1.29, 1.82) is 0 Å². The topological polar surface area (TPSA) is 78.9 Å². The van der Waals surface area contributed by atoms with Crippen LogP contribution in [0, 0.1) is 17.5 Å². The lowest BCUT2D eigenvalue weighted by molar-refractivity contribution is -0.135. The number of piperazine rings is 1. The van der Waals surface area contributed by atoms with E-state index in [1.54, 1.807) is 29.2 Å². The summed E-state index contributed by atoms with van der Waals surface area (Å²) in [5, 5.41) is 13.1. The minimum atomic E-state index is -1.36. The molecule has 4 rings (SSSR count). The van der Waals surface area contributed by atoms with Gasteiger partial charge < -0.3 is 20.1 Å². The molecular weight excluding hydrogens is 437 g/mol. The Bertz CT molecular complexity index is 1120. The van der Waals surface area contributed by atoms with Gasteiger partial charge in [0.2, 0.25) is 11.7 Å². The number of hydrogen-bond donors (Lipinski definition) is 2. The number of carboxylic acids is 1. The summed E-state index contributed by atoms with van der Waals surface area (Å²) >= 11 is 0. The molecule has 0 aliphatic carbocycles. The highest BCUT2D eigenvalue weighted by Gasteiger charge is 2.39. The van der Waals surface area contributed by atoms with E-state index < -0.39 is 35.2 Å². The van der Waals surface area contributed by atoms with Crippen LogP contribution in [0.15, 0.2) is 42.0 Å². The van der Waals surface area contributed by atoms with Gasteiger partial charge in [0.15, 0.2) is 17.4 Å². The van der Waals surface area contributed by atoms with Gasteiger partial charge in [0.05, 0.1) is 18.2 Å². The first-order chi connectivity index (χ1) is 15.7. The molecule has 2 heterocycles. The van der Waals surface area contributed by atoms with Crippen molar-refractivity contribution in [2.24, 2.45) is 0 Å². The first-order valence-electron chi connectivity index (χ1n) is 10.6. The summed E-state index contributed by atoms with van der Waals surface area (Å²) in [4.78, 5) is 25.5. The van der Waals surface area contributed by atoms with Crippen LogP contribution in [0.4, 0.5) is 13.2 Å². The summed E-state index contributed by atoms with van der Waals surface area (Å²) in [6.45, 7) is 2.24. The van der Waals surface area contributed by atoms with Gasteiger partial charge in [0.1, 0.15) is 0 Å². The van der Waals surface area contributed by atoms with E-state index in [0.29, 0.717) is 32.0 Å². The second kappa shape index (κ2) is 9.27. The summed E-state index contributed by atoms with van der Waals surface area (Å²) < 4.78 is 45.7. The van der Waals surface area contributed by atoms with E-state index in [9.17, 15) is 27.9 Å². The number of rotatable bonds is 6. The third-order valence-corrected chi connectivity index (χ3v) is 6.02. The van der Waals surface area contributed by atoms with Crippen molar-refractivity contribution in [3.8, 4) is 5.75 Å². The SMILES string of the molecule is CC(=O)N1CC2CC(c3ccc(CCOc4c(F)ccc(F)c4F)cc3)=C(C(=O)O)[C@@H](C1)N2. The quantitative estimate of drug-likeness (QED) is 0.648. The van der Waals surface area contributed by atoms with Gasteiger partial charge in [-0.1, -0.05) is 24.3 Å². The van der Waals surface area contributed by atoms with Crippen molar-refractivity contribution in [3.63, 3.8) is 0 Å². The molecule has 9 heteroatoms. The molecule has 1 unspecified atom stereocenters. The number of halogens is 3. The Labute approximate surface area is 188 Å². The van der Waals surface area contributed by atoms with E-state index >= 15 is 0 Å². The van der Waals surface area contributed by atoms with Crippen molar-refractivity contribution < 1.29 is 32.6 Å². The molecule has 2 aliphatic rings. The van der Waals surface area contributed by atoms with Gasteiger partial charge in [-0.05, 0) is 35.3 Å². The molecule has 2 aromatic carbocycles. The van der Waals surface area contributed by atoms with Crippen LogP contribution >= 0.6 is 0 Å². The number of carboxylic acid groups (broad SMARTS) is 1. The Morgan fingerprint density at radius 3 is 2.45 bits per heavy atom. The second-order valence-electron chi connectivity index (χ2n) is 8.21. The summed E-state index contributed by atoms with van der Waals surface area (Å²) in [6.07, 6.45) is 0.795. The van der Waals surface area contributed by atoms with Crippen LogP contribution in [-0.4, -0.2) is 53.7 Å². The molecular formula is C24H23F3N2O4. The fraction of sp³-hybridized carbons (Fsp3) is 0.333. The number of carbonyl (C=O) groups is 2. The number of ether oxygens (including phenoxy) is 1. The average Bonchev–Trinajstić information content (AvgIpc) is 2.78. The fourth-order valence-electron chi connectivity index (χ4n) is 4.41. The third kappa shape index (κ3) is 4.73. The van der Waals surface area contributed by atoms with E-state index in [1.165, 1.54) is 6.92 Å². The smallest absolute Gasteiger partial charge is 0.333 e. The molecule has 0 aromatic heterocycles. The molecule has 174 valence electrons. The maximum Gasteiger partial charge on any atom is 0.333 e. The van der Waals surface area contributed by atoms with E-state index in [0.717, 1.165) is 22.8 Å². The highest BCUT2D eigenvalue weighted by atomic mass is 19.2. The maximum atomic E-state index is 13.7. The van der Waals surface area contributed by atoms with E-state index in [-0.39, 0.29) is 24.1 Å². The number of fused-ring (bicyclic) bond motifs is 2. The minimum absolute atomic E-state index is 0.0325. The summed E-state index contributed by atoms with van der Waals surface area (Å²) in [5.41, 5.74) is 2.56. The number of amides is 1. The van der Waals surface area contributed by atoms with Crippen LogP contribution in [-0.2, 0) is 16.0 Å². The third-order valence-electron chi connectivity index (χ3n) is 6.02. The van der Waals surface area contributed by atoms with Gasteiger partial charge in [-0.25, -0.2) is 13.6 Å². The monoisotopic (exact) mass is 460 g/mol. The lowest BCUT2D eigenvalue weighted by Gasteiger charge is -2.43. The van der Waals surface area contributed by atoms with E-state index in [4.69, 9.17) is 4.74 Å². The zero-order valence-electron chi connectivity index (χ0n) is 17.9. The number of nitrogens with one attached hydrogen (secondary N) is 1. The van der Waals surface area contributed by atoms with E-state index in [1.807, 2.05) is 0 Å². The summed E-state index contributed by atoms with van der Waals surface area (Å²) in [5.74, 6) is -5.37. The van der Waals surface area contributed by atoms with Gasteiger partial charge in [-0.2, -0.15) is 4.39 Å². The Morgan fingerprint density at radius 1 is 1.09 bits per heavy atom. The molecule has 2 aromatic rings. The van der Waals surface area contributed by atoms with Gasteiger partial charge in [-0.3, -0.25) is 4.79 Å². The van der Waals surface area contributed by atoms with Crippen molar-refractivity contribution >= 4 is 17.4 Å². The fourth-order valence-corrected chi connectivity index (χ4v) is 4.41. The largest absolute Gasteiger partial charge is 0.487 e. The molecule has 6 nitrogen and oxygen atoms in total. The van der Waals surface area contributed by atoms with Gasteiger partial charge in [0.25, 0.3) is 0 Å². The lowest BCUT2D eigenvalue weighted by atomic mass is 9.83. The van der Waals surface area contributed by atoms with Crippen molar-refractivity contribution in [3.05, 3.63) is 70.5 Å². The Balaban J connectivity index is 1.48. The highest BCUT2D eigenvalue weighted by Crippen LogP contribution is 2.33. The Hall–Kier alpha value is -3.33. The summed E-state index contributed by atoms with van der Waals surface area (Å²) in [6, 6.07) is 8.23. The molecule has 0 radical (unpaired) electrons. The van der Waals surface area contributed by atoms with Crippen LogP contribution in [0.1, 0.15) is 24.5 Å². The molecule has 0 spiro atoms. The number of nitrogens with zero attached hydrogens (tertiary/aromatic N) is 1. The average molecular weight is 460 g/mol. The zero-order chi connectivity index (χ0) is 23.7. The minimum Gasteiger partial charge on any atom is -0.487 e. The van der Waals surface area contributed by atoms with Crippen molar-refractivity contribution in [2.45, 2.75) is 31.8 Å². The van der Waals surface area contributed by atoms with Gasteiger partial charge in [-0.15, -0.1) is 0 Å². The standard InChI is InChI=1S/C24H23F3N2O4/c1-13(30)29-11-16-10-17(21(24(31)32)20(12-29)28-16)15-4-2-14(3-5-15)8-9-33-23-19(26)7-6-18(25)22(23)27/h2-7,16,20,28H,8-12H2,1H3,(H,31,32)/t16?,20-/m1/s1. The highest BCUT2D eigenvalue weighted by molar-refractivity contribution is 5.98. The van der Waals surface area contributed by atoms with Crippen LogP contribution in [0.5, 0.6) is 5.75 Å². The first kappa shape index (κ1) is 22.8. The van der Waals surface area contributed by atoms with Crippen LogP contribution < -0.4 is 10.1 Å². The molecule has 1 amide bonds. The first-order valence-corrected chi connectivity index (χ1v) is 10.6. The molecule has 2 atom stereocenters. The number of hydrogen-bond acceptors (Lipinski definition) is 4. The predicted molar refractivity (Wildman–Crippen MR) is 114 cm³/mol. The number of benzene rings is 2. The molecule has 33 heavy (non-hydrogen) atoms. The van der Waals surface area contributed by atoms with Crippen molar-refractivity contribution in [2.75, 3.05) is 19.7 Å². The second-order valence-corrected chi connectivity index (χ2v) is 8.21. The van der Waals surface area contributed by atoms with Gasteiger partial charge >= 0.3 is 5.97 Å². The lowest BCUT2D eigenvalue weighted by Crippen LogP contribution is -2.61. The molecule has 2 aliphatic heterocycles.